The summed E-state index contributed by atoms with van der Waals surface area (Å²) >= 11 is 0. The second-order valence-corrected chi connectivity index (χ2v) is 6.50. The zero-order valence-electron chi connectivity index (χ0n) is 14.9. The fourth-order valence-electron chi connectivity index (χ4n) is 3.29. The van der Waals surface area contributed by atoms with Crippen molar-refractivity contribution in [2.24, 2.45) is 5.73 Å². The van der Waals surface area contributed by atoms with Gasteiger partial charge in [-0.05, 0) is 53.9 Å². The standard InChI is InChI=1S/C22H23FN2O/c1-25(19(13-14-24)15-16-9-11-18(23)12-10-16)22(26)21-8-4-6-17-5-2-3-7-20(17)21/h2-12,19H,13-15,24H2,1H3/t19-/m1/s1. The molecule has 26 heavy (non-hydrogen) atoms. The lowest BCUT2D eigenvalue weighted by Crippen LogP contribution is -2.40. The first kappa shape index (κ1) is 18.1. The number of rotatable bonds is 6. The zero-order chi connectivity index (χ0) is 18.5. The smallest absolute Gasteiger partial charge is 0.254 e. The number of halogens is 1. The molecular formula is C22H23FN2O. The van der Waals surface area contributed by atoms with Crippen LogP contribution in [0.25, 0.3) is 10.8 Å². The van der Waals surface area contributed by atoms with Crippen LogP contribution in [-0.4, -0.2) is 30.4 Å². The minimum atomic E-state index is -0.260. The fraction of sp³-hybridized carbons (Fsp3) is 0.227. The molecule has 2 N–H and O–H groups in total. The molecule has 0 aliphatic heterocycles. The molecule has 3 aromatic rings. The van der Waals surface area contributed by atoms with E-state index in [9.17, 15) is 9.18 Å². The van der Waals surface area contributed by atoms with Crippen molar-refractivity contribution in [1.82, 2.24) is 4.90 Å². The molecule has 3 rings (SSSR count). The third-order valence-corrected chi connectivity index (χ3v) is 4.77. The van der Waals surface area contributed by atoms with Gasteiger partial charge in [0.1, 0.15) is 5.82 Å². The van der Waals surface area contributed by atoms with Crippen molar-refractivity contribution in [2.75, 3.05) is 13.6 Å². The van der Waals surface area contributed by atoms with Crippen molar-refractivity contribution >= 4 is 16.7 Å². The first-order valence-corrected chi connectivity index (χ1v) is 8.79. The summed E-state index contributed by atoms with van der Waals surface area (Å²) < 4.78 is 13.1. The molecule has 3 nitrogen and oxygen atoms in total. The van der Waals surface area contributed by atoms with Crippen LogP contribution in [0.3, 0.4) is 0 Å². The maximum Gasteiger partial charge on any atom is 0.254 e. The van der Waals surface area contributed by atoms with Gasteiger partial charge in [0.05, 0.1) is 0 Å². The molecule has 0 spiro atoms. The molecule has 0 unspecified atom stereocenters. The molecule has 0 heterocycles. The van der Waals surface area contributed by atoms with Crippen LogP contribution in [0.2, 0.25) is 0 Å². The normalized spacial score (nSPS) is 12.1. The highest BCUT2D eigenvalue weighted by Gasteiger charge is 2.22. The minimum Gasteiger partial charge on any atom is -0.338 e. The van der Waals surface area contributed by atoms with E-state index in [1.807, 2.05) is 49.5 Å². The predicted molar refractivity (Wildman–Crippen MR) is 104 cm³/mol. The van der Waals surface area contributed by atoms with Gasteiger partial charge >= 0.3 is 0 Å². The number of amides is 1. The van der Waals surface area contributed by atoms with Gasteiger partial charge in [0.25, 0.3) is 5.91 Å². The van der Waals surface area contributed by atoms with E-state index in [1.54, 1.807) is 17.0 Å². The number of benzene rings is 3. The maximum absolute atomic E-state index is 13.1. The lowest BCUT2D eigenvalue weighted by Gasteiger charge is -2.29. The molecule has 0 aliphatic carbocycles. The molecule has 1 amide bonds. The number of nitrogens with zero attached hydrogens (tertiary/aromatic N) is 1. The molecule has 0 radical (unpaired) electrons. The largest absolute Gasteiger partial charge is 0.338 e. The third kappa shape index (κ3) is 3.92. The highest BCUT2D eigenvalue weighted by Crippen LogP contribution is 2.22. The molecular weight excluding hydrogens is 327 g/mol. The molecule has 0 aromatic heterocycles. The predicted octanol–water partition coefficient (Wildman–Crippen LogP) is 4.01. The van der Waals surface area contributed by atoms with Gasteiger partial charge in [-0.25, -0.2) is 4.39 Å². The van der Waals surface area contributed by atoms with E-state index in [2.05, 4.69) is 0 Å². The van der Waals surface area contributed by atoms with Crippen molar-refractivity contribution in [3.63, 3.8) is 0 Å². The fourth-order valence-corrected chi connectivity index (χ4v) is 3.29. The van der Waals surface area contributed by atoms with E-state index in [0.29, 0.717) is 24.9 Å². The Morgan fingerprint density at radius 3 is 2.46 bits per heavy atom. The molecule has 4 heteroatoms. The lowest BCUT2D eigenvalue weighted by atomic mass is 9.99. The van der Waals surface area contributed by atoms with Gasteiger partial charge in [-0.1, -0.05) is 48.5 Å². The average Bonchev–Trinajstić information content (AvgIpc) is 2.67. The van der Waals surface area contributed by atoms with Gasteiger partial charge in [-0.3, -0.25) is 4.79 Å². The second kappa shape index (κ2) is 8.11. The molecule has 0 saturated carbocycles. The molecule has 0 saturated heterocycles. The average molecular weight is 350 g/mol. The Morgan fingerprint density at radius 1 is 1.04 bits per heavy atom. The lowest BCUT2D eigenvalue weighted by molar-refractivity contribution is 0.0727. The molecule has 0 aliphatic rings. The second-order valence-electron chi connectivity index (χ2n) is 6.50. The topological polar surface area (TPSA) is 46.3 Å². The van der Waals surface area contributed by atoms with Crippen molar-refractivity contribution in [1.29, 1.82) is 0 Å². The Labute approximate surface area is 153 Å². The number of nitrogens with two attached hydrogens (primary N) is 1. The molecule has 0 fully saturated rings. The summed E-state index contributed by atoms with van der Waals surface area (Å²) in [6.45, 7) is 0.485. The number of hydrogen-bond acceptors (Lipinski definition) is 2. The third-order valence-electron chi connectivity index (χ3n) is 4.77. The van der Waals surface area contributed by atoms with Crippen LogP contribution >= 0.6 is 0 Å². The Morgan fingerprint density at radius 2 is 1.73 bits per heavy atom. The summed E-state index contributed by atoms with van der Waals surface area (Å²) in [5.74, 6) is -0.285. The minimum absolute atomic E-state index is 0.0256. The zero-order valence-corrected chi connectivity index (χ0v) is 14.9. The number of hydrogen-bond donors (Lipinski definition) is 1. The van der Waals surface area contributed by atoms with Crippen LogP contribution in [0, 0.1) is 5.82 Å². The van der Waals surface area contributed by atoms with E-state index >= 15 is 0 Å². The van der Waals surface area contributed by atoms with Crippen molar-refractivity contribution in [3.05, 3.63) is 83.7 Å². The summed E-state index contributed by atoms with van der Waals surface area (Å²) in [6, 6.07) is 20.0. The van der Waals surface area contributed by atoms with E-state index in [-0.39, 0.29) is 17.8 Å². The van der Waals surface area contributed by atoms with Gasteiger partial charge in [-0.15, -0.1) is 0 Å². The van der Waals surface area contributed by atoms with Crippen molar-refractivity contribution in [3.8, 4) is 0 Å². The van der Waals surface area contributed by atoms with E-state index < -0.39 is 0 Å². The van der Waals surface area contributed by atoms with Crippen molar-refractivity contribution in [2.45, 2.75) is 18.9 Å². The highest BCUT2D eigenvalue weighted by molar-refractivity contribution is 6.07. The van der Waals surface area contributed by atoms with Crippen LogP contribution in [-0.2, 0) is 6.42 Å². The Kier molecular flexibility index (Phi) is 5.64. The summed E-state index contributed by atoms with van der Waals surface area (Å²) in [4.78, 5) is 14.9. The van der Waals surface area contributed by atoms with Gasteiger partial charge in [0.15, 0.2) is 0 Å². The quantitative estimate of drug-likeness (QED) is 0.730. The van der Waals surface area contributed by atoms with E-state index in [1.165, 1.54) is 12.1 Å². The van der Waals surface area contributed by atoms with Gasteiger partial charge in [0.2, 0.25) is 0 Å². The summed E-state index contributed by atoms with van der Waals surface area (Å²) in [6.07, 6.45) is 1.33. The first-order chi connectivity index (χ1) is 12.6. The Hall–Kier alpha value is -2.72. The SMILES string of the molecule is CN(C(=O)c1cccc2ccccc12)[C@H](CCN)Cc1ccc(F)cc1. The number of likely N-dealkylation sites (N-methyl/N-ethyl adjacent to an activating group) is 1. The first-order valence-electron chi connectivity index (χ1n) is 8.79. The van der Waals surface area contributed by atoms with Crippen LogP contribution in [0.1, 0.15) is 22.3 Å². The number of fused-ring (bicyclic) bond motifs is 1. The van der Waals surface area contributed by atoms with Crippen molar-refractivity contribution < 1.29 is 9.18 Å². The monoisotopic (exact) mass is 350 g/mol. The van der Waals surface area contributed by atoms with Crippen LogP contribution in [0.15, 0.2) is 66.7 Å². The van der Waals surface area contributed by atoms with Crippen LogP contribution in [0.4, 0.5) is 4.39 Å². The molecule has 1 atom stereocenters. The van der Waals surface area contributed by atoms with Crippen LogP contribution < -0.4 is 5.73 Å². The maximum atomic E-state index is 13.1. The summed E-state index contributed by atoms with van der Waals surface area (Å²) in [5, 5.41) is 1.99. The van der Waals surface area contributed by atoms with Gasteiger partial charge in [0, 0.05) is 18.7 Å². The number of carbonyl (C=O) groups is 1. The highest BCUT2D eigenvalue weighted by atomic mass is 19.1. The van der Waals surface area contributed by atoms with Gasteiger partial charge in [-0.2, -0.15) is 0 Å². The Balaban J connectivity index is 1.86. The van der Waals surface area contributed by atoms with E-state index in [4.69, 9.17) is 5.73 Å². The molecule has 0 bridgehead atoms. The summed E-state index contributed by atoms with van der Waals surface area (Å²) in [5.41, 5.74) is 7.45. The summed E-state index contributed by atoms with van der Waals surface area (Å²) in [7, 11) is 1.81. The molecule has 134 valence electrons. The van der Waals surface area contributed by atoms with Gasteiger partial charge < -0.3 is 10.6 Å². The molecule has 3 aromatic carbocycles. The van der Waals surface area contributed by atoms with E-state index in [0.717, 1.165) is 16.3 Å². The van der Waals surface area contributed by atoms with Crippen LogP contribution in [0.5, 0.6) is 0 Å². The Bertz CT molecular complexity index is 887. The number of carbonyl (C=O) groups excluding carboxylic acids is 1.